The Morgan fingerprint density at radius 1 is 1.06 bits per heavy atom. The molecule has 0 aromatic heterocycles. The van der Waals surface area contributed by atoms with Gasteiger partial charge in [-0.1, -0.05) is 40.1 Å². The van der Waals surface area contributed by atoms with Gasteiger partial charge < -0.3 is 19.1 Å². The second-order valence-corrected chi connectivity index (χ2v) is 6.84. The number of carbonyl (C=O) groups excluding carboxylic acids is 1. The Hall–Kier alpha value is -3.27. The predicted octanol–water partition coefficient (Wildman–Crippen LogP) is 5.65. The molecule has 0 saturated heterocycles. The predicted molar refractivity (Wildman–Crippen MR) is 119 cm³/mol. The molecule has 0 amide bonds. The van der Waals surface area contributed by atoms with Crippen LogP contribution < -0.4 is 4.74 Å². The van der Waals surface area contributed by atoms with Crippen LogP contribution in [0.25, 0.3) is 0 Å². The fourth-order valence-electron chi connectivity index (χ4n) is 2.65. The minimum Gasteiger partial charge on any atom is -0.471 e. The van der Waals surface area contributed by atoms with Crippen LogP contribution in [0.5, 0.6) is 5.75 Å². The van der Waals surface area contributed by atoms with E-state index in [9.17, 15) is 13.2 Å². The first-order valence-corrected chi connectivity index (χ1v) is 9.77. The zero-order chi connectivity index (χ0) is 25.0. The Bertz CT molecular complexity index is 994. The Kier molecular flexibility index (Phi) is 11.2. The third kappa shape index (κ3) is 9.40. The summed E-state index contributed by atoms with van der Waals surface area (Å²) in [7, 11) is 2.78. The van der Waals surface area contributed by atoms with Crippen LogP contribution in [0, 0.1) is 6.92 Å². The summed E-state index contributed by atoms with van der Waals surface area (Å²) >= 11 is 6.06. The summed E-state index contributed by atoms with van der Waals surface area (Å²) in [5, 5.41) is 8.05. The van der Waals surface area contributed by atoms with Crippen molar-refractivity contribution in [2.75, 3.05) is 14.2 Å². The number of methoxy groups -OCH3 is 1. The highest BCUT2D eigenvalue weighted by atomic mass is 35.5. The number of ether oxygens (including phenoxy) is 2. The number of aryl methyl sites for hydroxylation is 1. The lowest BCUT2D eigenvalue weighted by atomic mass is 10.00. The maximum atomic E-state index is 12.3. The first-order chi connectivity index (χ1) is 15.5. The van der Waals surface area contributed by atoms with E-state index >= 15 is 0 Å². The van der Waals surface area contributed by atoms with E-state index < -0.39 is 12.1 Å². The zero-order valence-corrected chi connectivity index (χ0v) is 19.5. The van der Waals surface area contributed by atoms with Gasteiger partial charge in [0.2, 0.25) is 0 Å². The largest absolute Gasteiger partial charge is 0.573 e. The van der Waals surface area contributed by atoms with E-state index in [1.807, 2.05) is 32.0 Å². The summed E-state index contributed by atoms with van der Waals surface area (Å²) in [5.41, 5.74) is 4.29. The number of rotatable bonds is 8. The lowest BCUT2D eigenvalue weighted by molar-refractivity contribution is -0.274. The van der Waals surface area contributed by atoms with E-state index in [0.717, 1.165) is 28.8 Å². The summed E-state index contributed by atoms with van der Waals surface area (Å²) in [6.07, 6.45) is -4.79. The number of carbonyl (C=O) groups is 1. The molecule has 0 saturated carbocycles. The van der Waals surface area contributed by atoms with Crippen molar-refractivity contribution in [1.29, 1.82) is 0 Å². The molecular weight excluding hydrogens is 465 g/mol. The molecule has 0 fully saturated rings. The van der Waals surface area contributed by atoms with Gasteiger partial charge in [-0.05, 0) is 44.5 Å². The molecule has 0 spiro atoms. The third-order valence-corrected chi connectivity index (χ3v) is 4.41. The standard InChI is InChI=1S/C20H20ClF3N2O3.C2H4O2/c1-12-6-5-7-16(13(2)25-27-4)18(12)11-28-26-14(3)17-9-8-15(10-19(17)21)29-20(22,23)24;1-4-2-3/h5-10H,11H2,1-4H3;2H,1H3/b25-13-,26-14+;. The highest BCUT2D eigenvalue weighted by Crippen LogP contribution is 2.28. The van der Waals surface area contributed by atoms with Gasteiger partial charge in [0, 0.05) is 16.7 Å². The molecule has 0 bridgehead atoms. The van der Waals surface area contributed by atoms with Gasteiger partial charge >= 0.3 is 6.36 Å². The summed E-state index contributed by atoms with van der Waals surface area (Å²) in [5.74, 6) is -0.405. The number of hydrogen-bond acceptors (Lipinski definition) is 7. The van der Waals surface area contributed by atoms with Crippen molar-refractivity contribution in [3.05, 3.63) is 63.7 Å². The first-order valence-electron chi connectivity index (χ1n) is 9.39. The molecule has 11 heteroatoms. The van der Waals surface area contributed by atoms with Crippen LogP contribution in [0.15, 0.2) is 46.7 Å². The molecule has 0 N–H and O–H groups in total. The molecule has 0 aliphatic carbocycles. The van der Waals surface area contributed by atoms with Crippen molar-refractivity contribution in [2.45, 2.75) is 33.7 Å². The molecular formula is C22H24ClF3N2O5. The molecule has 0 radical (unpaired) electrons. The smallest absolute Gasteiger partial charge is 0.471 e. The summed E-state index contributed by atoms with van der Waals surface area (Å²) in [4.78, 5) is 19.3. The Balaban J connectivity index is 0.00000125. The number of halogens is 4. The van der Waals surface area contributed by atoms with Gasteiger partial charge in [-0.3, -0.25) is 4.79 Å². The summed E-state index contributed by atoms with van der Waals surface area (Å²) < 4.78 is 44.6. The Morgan fingerprint density at radius 3 is 2.24 bits per heavy atom. The van der Waals surface area contributed by atoms with E-state index in [4.69, 9.17) is 26.1 Å². The van der Waals surface area contributed by atoms with E-state index in [1.165, 1.54) is 20.3 Å². The Labute approximate surface area is 194 Å². The minimum atomic E-state index is -4.79. The lowest BCUT2D eigenvalue weighted by Gasteiger charge is -2.12. The van der Waals surface area contributed by atoms with Gasteiger partial charge in [-0.15, -0.1) is 13.2 Å². The molecule has 2 aromatic carbocycles. The zero-order valence-electron chi connectivity index (χ0n) is 18.7. The Morgan fingerprint density at radius 2 is 1.70 bits per heavy atom. The number of benzene rings is 2. The topological polar surface area (TPSA) is 78.7 Å². The van der Waals surface area contributed by atoms with Gasteiger partial charge in [0.1, 0.15) is 19.5 Å². The van der Waals surface area contributed by atoms with Crippen LogP contribution in [0.2, 0.25) is 5.02 Å². The lowest BCUT2D eigenvalue weighted by Crippen LogP contribution is -2.17. The van der Waals surface area contributed by atoms with Crippen molar-refractivity contribution >= 4 is 29.5 Å². The van der Waals surface area contributed by atoms with Crippen LogP contribution >= 0.6 is 11.6 Å². The van der Waals surface area contributed by atoms with Gasteiger partial charge in [-0.25, -0.2) is 0 Å². The summed E-state index contributed by atoms with van der Waals surface area (Å²) in [6, 6.07) is 9.37. The van der Waals surface area contributed by atoms with Crippen molar-refractivity contribution in [3.8, 4) is 5.75 Å². The van der Waals surface area contributed by atoms with Crippen LogP contribution in [0.4, 0.5) is 13.2 Å². The molecule has 7 nitrogen and oxygen atoms in total. The van der Waals surface area contributed by atoms with E-state index in [0.29, 0.717) is 23.5 Å². The van der Waals surface area contributed by atoms with E-state index in [1.54, 1.807) is 6.92 Å². The van der Waals surface area contributed by atoms with Gasteiger partial charge in [0.25, 0.3) is 6.47 Å². The minimum absolute atomic E-state index is 0.0660. The van der Waals surface area contributed by atoms with E-state index in [-0.39, 0.29) is 11.6 Å². The average molecular weight is 489 g/mol. The van der Waals surface area contributed by atoms with Crippen molar-refractivity contribution in [3.63, 3.8) is 0 Å². The van der Waals surface area contributed by atoms with Crippen LogP contribution in [0.1, 0.15) is 36.1 Å². The second-order valence-electron chi connectivity index (χ2n) is 6.43. The van der Waals surface area contributed by atoms with Crippen molar-refractivity contribution in [2.24, 2.45) is 10.3 Å². The molecule has 0 aliphatic rings. The maximum Gasteiger partial charge on any atom is 0.573 e. The molecule has 0 aliphatic heterocycles. The monoisotopic (exact) mass is 488 g/mol. The van der Waals surface area contributed by atoms with E-state index in [2.05, 4.69) is 19.8 Å². The van der Waals surface area contributed by atoms with Crippen LogP contribution in [-0.4, -0.2) is 38.5 Å². The number of alkyl halides is 3. The van der Waals surface area contributed by atoms with Crippen molar-refractivity contribution < 1.29 is 37.1 Å². The quantitative estimate of drug-likeness (QED) is 0.272. The van der Waals surface area contributed by atoms with Crippen LogP contribution in [0.3, 0.4) is 0 Å². The average Bonchev–Trinajstić information content (AvgIpc) is 2.74. The fourth-order valence-corrected chi connectivity index (χ4v) is 2.96. The van der Waals surface area contributed by atoms with Crippen LogP contribution in [-0.2, 0) is 25.8 Å². The second kappa shape index (κ2) is 13.3. The SMILES string of the molecule is CO/N=C(/C)c1cccc(C)c1CO/N=C(\C)c1ccc(OC(F)(F)F)cc1Cl.COC=O. The molecule has 2 aromatic rings. The van der Waals surface area contributed by atoms with Gasteiger partial charge in [-0.2, -0.15) is 0 Å². The first kappa shape index (κ1) is 27.8. The third-order valence-electron chi connectivity index (χ3n) is 4.10. The van der Waals surface area contributed by atoms with Gasteiger partial charge in [0.15, 0.2) is 0 Å². The molecule has 2 rings (SSSR count). The molecule has 0 heterocycles. The highest BCUT2D eigenvalue weighted by molar-refractivity contribution is 6.34. The number of nitrogens with zero attached hydrogens (tertiary/aromatic N) is 2. The molecule has 0 atom stereocenters. The van der Waals surface area contributed by atoms with Crippen molar-refractivity contribution in [1.82, 2.24) is 0 Å². The maximum absolute atomic E-state index is 12.3. The normalized spacial score (nSPS) is 11.8. The number of oxime groups is 2. The highest BCUT2D eigenvalue weighted by Gasteiger charge is 2.31. The number of hydrogen-bond donors (Lipinski definition) is 0. The molecule has 0 unspecified atom stereocenters. The fraction of sp³-hybridized carbons (Fsp3) is 0.318. The van der Waals surface area contributed by atoms with Gasteiger partial charge in [0.05, 0.1) is 23.6 Å². The molecule has 33 heavy (non-hydrogen) atoms. The molecule has 180 valence electrons. The summed E-state index contributed by atoms with van der Waals surface area (Å²) in [6.45, 7) is 5.94.